The van der Waals surface area contributed by atoms with Gasteiger partial charge in [0.2, 0.25) is 0 Å². The number of furan rings is 1. The standard InChI is InChI=1S/C11H11NO3/c1-7-6-8(11(13)14-2)12-10(7)9-4-3-5-15-9/h3-6,12H,1-2H3. The largest absolute Gasteiger partial charge is 0.464 e. The first kappa shape index (κ1) is 9.58. The van der Waals surface area contributed by atoms with E-state index < -0.39 is 0 Å². The molecular weight excluding hydrogens is 194 g/mol. The second kappa shape index (κ2) is 3.65. The van der Waals surface area contributed by atoms with Crippen LogP contribution in [0.25, 0.3) is 11.5 Å². The van der Waals surface area contributed by atoms with Gasteiger partial charge in [-0.05, 0) is 30.7 Å². The van der Waals surface area contributed by atoms with Crippen molar-refractivity contribution in [2.75, 3.05) is 7.11 Å². The molecule has 2 aromatic heterocycles. The van der Waals surface area contributed by atoms with Crippen LogP contribution >= 0.6 is 0 Å². The van der Waals surface area contributed by atoms with Crippen LogP contribution in [0.3, 0.4) is 0 Å². The van der Waals surface area contributed by atoms with Gasteiger partial charge in [-0.1, -0.05) is 0 Å². The molecule has 2 aromatic rings. The van der Waals surface area contributed by atoms with Crippen molar-refractivity contribution in [3.05, 3.63) is 35.7 Å². The summed E-state index contributed by atoms with van der Waals surface area (Å²) in [4.78, 5) is 14.2. The van der Waals surface area contributed by atoms with Gasteiger partial charge in [0.25, 0.3) is 0 Å². The van der Waals surface area contributed by atoms with Gasteiger partial charge in [0.05, 0.1) is 19.1 Å². The minimum absolute atomic E-state index is 0.379. The predicted molar refractivity (Wildman–Crippen MR) is 54.6 cm³/mol. The number of esters is 1. The number of methoxy groups -OCH3 is 1. The van der Waals surface area contributed by atoms with E-state index in [1.165, 1.54) is 7.11 Å². The van der Waals surface area contributed by atoms with E-state index in [0.29, 0.717) is 11.5 Å². The summed E-state index contributed by atoms with van der Waals surface area (Å²) in [6, 6.07) is 5.37. The Morgan fingerprint density at radius 1 is 1.53 bits per heavy atom. The highest BCUT2D eigenvalue weighted by Crippen LogP contribution is 2.23. The Balaban J connectivity index is 2.42. The number of aromatic amines is 1. The zero-order chi connectivity index (χ0) is 10.8. The normalized spacial score (nSPS) is 10.3. The smallest absolute Gasteiger partial charge is 0.354 e. The second-order valence-corrected chi connectivity index (χ2v) is 3.21. The molecule has 0 aliphatic rings. The molecule has 2 rings (SSSR count). The molecule has 0 atom stereocenters. The third-order valence-electron chi connectivity index (χ3n) is 2.19. The molecule has 15 heavy (non-hydrogen) atoms. The van der Waals surface area contributed by atoms with Gasteiger partial charge in [-0.2, -0.15) is 0 Å². The maximum atomic E-state index is 11.3. The summed E-state index contributed by atoms with van der Waals surface area (Å²) < 4.78 is 9.86. The van der Waals surface area contributed by atoms with Crippen LogP contribution in [-0.2, 0) is 4.74 Å². The van der Waals surface area contributed by atoms with Crippen molar-refractivity contribution in [1.82, 2.24) is 4.98 Å². The number of hydrogen-bond acceptors (Lipinski definition) is 3. The highest BCUT2D eigenvalue weighted by Gasteiger charge is 2.13. The van der Waals surface area contributed by atoms with E-state index in [-0.39, 0.29) is 5.97 Å². The number of nitrogens with one attached hydrogen (secondary N) is 1. The Morgan fingerprint density at radius 3 is 2.93 bits per heavy atom. The second-order valence-electron chi connectivity index (χ2n) is 3.21. The first-order valence-electron chi connectivity index (χ1n) is 4.54. The van der Waals surface area contributed by atoms with E-state index in [2.05, 4.69) is 9.72 Å². The van der Waals surface area contributed by atoms with Crippen LogP contribution in [0.2, 0.25) is 0 Å². The van der Waals surface area contributed by atoms with Gasteiger partial charge in [-0.15, -0.1) is 0 Å². The van der Waals surface area contributed by atoms with Crippen molar-refractivity contribution < 1.29 is 13.9 Å². The molecule has 0 aliphatic carbocycles. The summed E-state index contributed by atoms with van der Waals surface area (Å²) >= 11 is 0. The lowest BCUT2D eigenvalue weighted by Crippen LogP contribution is -2.00. The molecule has 0 aromatic carbocycles. The van der Waals surface area contributed by atoms with E-state index in [0.717, 1.165) is 11.3 Å². The van der Waals surface area contributed by atoms with Gasteiger partial charge in [-0.25, -0.2) is 4.79 Å². The molecule has 4 nitrogen and oxygen atoms in total. The minimum atomic E-state index is -0.379. The lowest BCUT2D eigenvalue weighted by atomic mass is 10.2. The van der Waals surface area contributed by atoms with Crippen LogP contribution in [0, 0.1) is 6.92 Å². The Morgan fingerprint density at radius 2 is 2.33 bits per heavy atom. The number of carbonyl (C=O) groups is 1. The number of hydrogen-bond donors (Lipinski definition) is 1. The fraction of sp³-hybridized carbons (Fsp3) is 0.182. The fourth-order valence-electron chi connectivity index (χ4n) is 1.45. The van der Waals surface area contributed by atoms with E-state index >= 15 is 0 Å². The summed E-state index contributed by atoms with van der Waals surface area (Å²) in [5.41, 5.74) is 2.19. The summed E-state index contributed by atoms with van der Waals surface area (Å²) in [7, 11) is 1.35. The Kier molecular flexibility index (Phi) is 2.33. The first-order valence-corrected chi connectivity index (χ1v) is 4.54. The van der Waals surface area contributed by atoms with Crippen LogP contribution in [0.5, 0.6) is 0 Å². The molecule has 0 amide bonds. The topological polar surface area (TPSA) is 55.2 Å². The van der Waals surface area contributed by atoms with Gasteiger partial charge in [-0.3, -0.25) is 0 Å². The SMILES string of the molecule is COC(=O)c1cc(C)c(-c2ccco2)[nH]1. The van der Waals surface area contributed by atoms with Crippen LogP contribution in [-0.4, -0.2) is 18.1 Å². The summed E-state index contributed by atoms with van der Waals surface area (Å²) in [5.74, 6) is 0.332. The third kappa shape index (κ3) is 1.66. The molecule has 0 aliphatic heterocycles. The fourth-order valence-corrected chi connectivity index (χ4v) is 1.45. The monoisotopic (exact) mass is 205 g/mol. The zero-order valence-electron chi connectivity index (χ0n) is 8.53. The van der Waals surface area contributed by atoms with Crippen molar-refractivity contribution in [2.45, 2.75) is 6.92 Å². The van der Waals surface area contributed by atoms with Crippen molar-refractivity contribution in [3.8, 4) is 11.5 Å². The van der Waals surface area contributed by atoms with Crippen LogP contribution in [0.4, 0.5) is 0 Å². The van der Waals surface area contributed by atoms with E-state index in [4.69, 9.17) is 4.42 Å². The lowest BCUT2D eigenvalue weighted by Gasteiger charge is -1.94. The van der Waals surface area contributed by atoms with Gasteiger partial charge in [0.1, 0.15) is 11.5 Å². The molecule has 0 saturated carbocycles. The van der Waals surface area contributed by atoms with E-state index in [9.17, 15) is 4.79 Å². The average Bonchev–Trinajstić information content (AvgIpc) is 2.84. The highest BCUT2D eigenvalue weighted by molar-refractivity contribution is 5.89. The summed E-state index contributed by atoms with van der Waals surface area (Å²) in [5, 5.41) is 0. The van der Waals surface area contributed by atoms with E-state index in [1.807, 2.05) is 13.0 Å². The average molecular weight is 205 g/mol. The molecule has 0 unspecified atom stereocenters. The molecule has 78 valence electrons. The molecular formula is C11H11NO3. The number of aryl methyl sites for hydroxylation is 1. The zero-order valence-corrected chi connectivity index (χ0v) is 8.53. The van der Waals surface area contributed by atoms with Crippen molar-refractivity contribution in [2.24, 2.45) is 0 Å². The molecule has 0 saturated heterocycles. The van der Waals surface area contributed by atoms with Gasteiger partial charge >= 0.3 is 5.97 Å². The molecule has 0 fully saturated rings. The molecule has 0 radical (unpaired) electrons. The number of aromatic nitrogens is 1. The molecule has 2 heterocycles. The van der Waals surface area contributed by atoms with Crippen LogP contribution in [0.1, 0.15) is 16.1 Å². The number of rotatable bonds is 2. The molecule has 1 N–H and O–H groups in total. The molecule has 4 heteroatoms. The Labute approximate surface area is 86.9 Å². The van der Waals surface area contributed by atoms with Crippen LogP contribution in [0.15, 0.2) is 28.9 Å². The first-order chi connectivity index (χ1) is 7.22. The molecule has 0 bridgehead atoms. The number of H-pyrrole nitrogens is 1. The summed E-state index contributed by atoms with van der Waals surface area (Å²) in [6.45, 7) is 1.90. The van der Waals surface area contributed by atoms with Gasteiger partial charge in [0, 0.05) is 0 Å². The van der Waals surface area contributed by atoms with Gasteiger partial charge < -0.3 is 14.1 Å². The highest BCUT2D eigenvalue weighted by atomic mass is 16.5. The molecule has 0 spiro atoms. The lowest BCUT2D eigenvalue weighted by molar-refractivity contribution is 0.0595. The summed E-state index contributed by atoms with van der Waals surface area (Å²) in [6.07, 6.45) is 1.59. The Bertz CT molecular complexity index is 468. The number of ether oxygens (including phenoxy) is 1. The Hall–Kier alpha value is -1.97. The van der Waals surface area contributed by atoms with Crippen molar-refractivity contribution >= 4 is 5.97 Å². The maximum Gasteiger partial charge on any atom is 0.354 e. The third-order valence-corrected chi connectivity index (χ3v) is 2.19. The van der Waals surface area contributed by atoms with E-state index in [1.54, 1.807) is 18.4 Å². The van der Waals surface area contributed by atoms with Crippen LogP contribution < -0.4 is 0 Å². The van der Waals surface area contributed by atoms with Crippen molar-refractivity contribution in [3.63, 3.8) is 0 Å². The number of carbonyl (C=O) groups excluding carboxylic acids is 1. The quantitative estimate of drug-likeness (QED) is 0.766. The minimum Gasteiger partial charge on any atom is -0.464 e. The van der Waals surface area contributed by atoms with Gasteiger partial charge in [0.15, 0.2) is 0 Å². The van der Waals surface area contributed by atoms with Crippen molar-refractivity contribution in [1.29, 1.82) is 0 Å². The maximum absolute atomic E-state index is 11.3. The predicted octanol–water partition coefficient (Wildman–Crippen LogP) is 2.37.